The Bertz CT molecular complexity index is 733. The molecule has 4 nitrogen and oxygen atoms in total. The predicted molar refractivity (Wildman–Crippen MR) is 89.5 cm³/mol. The van der Waals surface area contributed by atoms with Crippen LogP contribution in [0.4, 0.5) is 11.4 Å². The van der Waals surface area contributed by atoms with Crippen molar-refractivity contribution < 1.29 is 9.59 Å². The largest absolute Gasteiger partial charge is 0.271 e. The molecule has 1 heterocycles. The van der Waals surface area contributed by atoms with Crippen LogP contribution < -0.4 is 10.0 Å². The zero-order valence-electron chi connectivity index (χ0n) is 12.0. The molecule has 1 aliphatic carbocycles. The fourth-order valence-corrected chi connectivity index (χ4v) is 3.11. The van der Waals surface area contributed by atoms with Gasteiger partial charge in [-0.15, -0.1) is 0 Å². The SMILES string of the molecule is O=C1N(c2ccc(Cl)cc2)N(c2ccc(Cl)cc2)C(=O)C12CC2. The first-order valence-corrected chi connectivity index (χ1v) is 7.99. The topological polar surface area (TPSA) is 40.6 Å². The van der Waals surface area contributed by atoms with Gasteiger partial charge in [0.15, 0.2) is 0 Å². The Balaban J connectivity index is 1.83. The van der Waals surface area contributed by atoms with E-state index < -0.39 is 5.41 Å². The van der Waals surface area contributed by atoms with Gasteiger partial charge in [0, 0.05) is 10.0 Å². The van der Waals surface area contributed by atoms with Crippen LogP contribution in [0.5, 0.6) is 0 Å². The van der Waals surface area contributed by atoms with E-state index in [0.717, 1.165) is 0 Å². The van der Waals surface area contributed by atoms with Crippen molar-refractivity contribution in [2.75, 3.05) is 10.0 Å². The third-order valence-corrected chi connectivity index (χ3v) is 4.80. The third-order valence-electron chi connectivity index (χ3n) is 4.30. The molecule has 1 saturated carbocycles. The maximum Gasteiger partial charge on any atom is 0.261 e. The first kappa shape index (κ1) is 14.5. The Morgan fingerprint density at radius 3 is 1.35 bits per heavy atom. The predicted octanol–water partition coefficient (Wildman–Crippen LogP) is 4.07. The molecule has 0 radical (unpaired) electrons. The maximum absolute atomic E-state index is 12.8. The molecule has 4 rings (SSSR count). The highest BCUT2D eigenvalue weighted by molar-refractivity contribution is 6.31. The van der Waals surface area contributed by atoms with E-state index in [1.54, 1.807) is 48.5 Å². The quantitative estimate of drug-likeness (QED) is 0.769. The number of rotatable bonds is 2. The number of hydrogen-bond acceptors (Lipinski definition) is 2. The molecule has 2 aliphatic rings. The number of carbonyl (C=O) groups excluding carboxylic acids is 2. The van der Waals surface area contributed by atoms with Gasteiger partial charge < -0.3 is 0 Å². The van der Waals surface area contributed by atoms with E-state index in [9.17, 15) is 9.59 Å². The van der Waals surface area contributed by atoms with Crippen LogP contribution in [0.15, 0.2) is 48.5 Å². The molecule has 0 unspecified atom stereocenters. The summed E-state index contributed by atoms with van der Waals surface area (Å²) in [4.78, 5) is 25.7. The minimum absolute atomic E-state index is 0.181. The molecule has 1 aliphatic heterocycles. The van der Waals surface area contributed by atoms with Crippen LogP contribution in [0.1, 0.15) is 12.8 Å². The molecule has 2 amide bonds. The average Bonchev–Trinajstić information content (AvgIpc) is 3.32. The molecule has 0 bridgehead atoms. The Morgan fingerprint density at radius 1 is 0.696 bits per heavy atom. The van der Waals surface area contributed by atoms with Crippen molar-refractivity contribution in [1.82, 2.24) is 0 Å². The van der Waals surface area contributed by atoms with Gasteiger partial charge in [0.25, 0.3) is 11.8 Å². The Kier molecular flexibility index (Phi) is 3.15. The summed E-state index contributed by atoms with van der Waals surface area (Å²) in [5, 5.41) is 4.03. The summed E-state index contributed by atoms with van der Waals surface area (Å²) in [5.41, 5.74) is 0.345. The van der Waals surface area contributed by atoms with Crippen molar-refractivity contribution in [3.05, 3.63) is 58.6 Å². The van der Waals surface area contributed by atoms with Gasteiger partial charge in [-0.05, 0) is 61.4 Å². The van der Waals surface area contributed by atoms with E-state index >= 15 is 0 Å². The maximum atomic E-state index is 12.8. The third kappa shape index (κ3) is 2.13. The lowest BCUT2D eigenvalue weighted by atomic mass is 10.1. The van der Waals surface area contributed by atoms with Crippen molar-refractivity contribution in [1.29, 1.82) is 0 Å². The minimum Gasteiger partial charge on any atom is -0.271 e. The van der Waals surface area contributed by atoms with Crippen molar-refractivity contribution in [2.45, 2.75) is 12.8 Å². The Hall–Kier alpha value is -2.04. The molecule has 2 aromatic carbocycles. The highest BCUT2D eigenvalue weighted by Gasteiger charge is 2.66. The second-order valence-corrected chi connectivity index (χ2v) is 6.64. The van der Waals surface area contributed by atoms with Crippen LogP contribution in [0.2, 0.25) is 10.0 Å². The first-order chi connectivity index (χ1) is 11.0. The molecule has 1 spiro atoms. The second kappa shape index (κ2) is 4.98. The summed E-state index contributed by atoms with van der Waals surface area (Å²) in [6, 6.07) is 13.7. The highest BCUT2D eigenvalue weighted by Crippen LogP contribution is 2.54. The standard InChI is InChI=1S/C17H12Cl2N2O2/c18-11-1-5-13(6-2-11)20-15(22)17(9-10-17)16(23)21(20)14-7-3-12(19)4-8-14/h1-8H,9-10H2. The lowest BCUT2D eigenvalue weighted by molar-refractivity contribution is -0.128. The van der Waals surface area contributed by atoms with Gasteiger partial charge >= 0.3 is 0 Å². The Morgan fingerprint density at radius 2 is 1.04 bits per heavy atom. The number of carbonyl (C=O) groups is 2. The highest BCUT2D eigenvalue weighted by atomic mass is 35.5. The molecule has 23 heavy (non-hydrogen) atoms. The van der Waals surface area contributed by atoms with E-state index in [0.29, 0.717) is 34.3 Å². The normalized spacial score (nSPS) is 18.9. The number of halogens is 2. The molecule has 1 saturated heterocycles. The van der Waals surface area contributed by atoms with Crippen LogP contribution in [-0.4, -0.2) is 11.8 Å². The molecular weight excluding hydrogens is 335 g/mol. The number of amides is 2. The smallest absolute Gasteiger partial charge is 0.261 e. The number of anilines is 2. The molecule has 116 valence electrons. The molecular formula is C17H12Cl2N2O2. The van der Waals surface area contributed by atoms with E-state index in [2.05, 4.69) is 0 Å². The van der Waals surface area contributed by atoms with Gasteiger partial charge in [-0.2, -0.15) is 0 Å². The molecule has 0 N–H and O–H groups in total. The van der Waals surface area contributed by atoms with Crippen molar-refractivity contribution in [3.63, 3.8) is 0 Å². The van der Waals surface area contributed by atoms with Gasteiger partial charge in [0.05, 0.1) is 11.4 Å². The summed E-state index contributed by atoms with van der Waals surface area (Å²) in [6.07, 6.45) is 1.19. The molecule has 0 atom stereocenters. The van der Waals surface area contributed by atoms with E-state index in [4.69, 9.17) is 23.2 Å². The van der Waals surface area contributed by atoms with Crippen molar-refractivity contribution in [3.8, 4) is 0 Å². The van der Waals surface area contributed by atoms with E-state index in [1.165, 1.54) is 10.0 Å². The fourth-order valence-electron chi connectivity index (χ4n) is 2.86. The van der Waals surface area contributed by atoms with E-state index in [1.807, 2.05) is 0 Å². The van der Waals surface area contributed by atoms with Gasteiger partial charge in [0.1, 0.15) is 5.41 Å². The lowest BCUT2D eigenvalue weighted by Gasteiger charge is -2.27. The van der Waals surface area contributed by atoms with Crippen molar-refractivity contribution in [2.24, 2.45) is 5.41 Å². The average molecular weight is 347 g/mol. The monoisotopic (exact) mass is 346 g/mol. The molecule has 0 aromatic heterocycles. The van der Waals surface area contributed by atoms with Crippen LogP contribution in [-0.2, 0) is 9.59 Å². The lowest BCUT2D eigenvalue weighted by Crippen LogP contribution is -2.41. The van der Waals surface area contributed by atoms with Crippen LogP contribution in [0.25, 0.3) is 0 Å². The van der Waals surface area contributed by atoms with Crippen LogP contribution in [0, 0.1) is 5.41 Å². The van der Waals surface area contributed by atoms with Crippen LogP contribution >= 0.6 is 23.2 Å². The van der Waals surface area contributed by atoms with E-state index in [-0.39, 0.29) is 11.8 Å². The Labute approximate surface area is 143 Å². The van der Waals surface area contributed by atoms with Gasteiger partial charge in [-0.25, -0.2) is 10.0 Å². The zero-order valence-corrected chi connectivity index (χ0v) is 13.5. The summed E-state index contributed by atoms with van der Waals surface area (Å²) >= 11 is 11.8. The van der Waals surface area contributed by atoms with Gasteiger partial charge in [-0.3, -0.25) is 9.59 Å². The number of nitrogens with zero attached hydrogens (tertiary/aromatic N) is 2. The van der Waals surface area contributed by atoms with Crippen molar-refractivity contribution >= 4 is 46.4 Å². The molecule has 6 heteroatoms. The number of hydrazine groups is 1. The van der Waals surface area contributed by atoms with Gasteiger partial charge in [-0.1, -0.05) is 23.2 Å². The molecule has 2 aromatic rings. The summed E-state index contributed by atoms with van der Waals surface area (Å²) in [6.45, 7) is 0. The second-order valence-electron chi connectivity index (χ2n) is 5.77. The summed E-state index contributed by atoms with van der Waals surface area (Å²) < 4.78 is 0. The fraction of sp³-hybridized carbons (Fsp3) is 0.176. The summed E-state index contributed by atoms with van der Waals surface area (Å²) in [5.74, 6) is -0.362. The minimum atomic E-state index is -0.890. The zero-order chi connectivity index (χ0) is 16.2. The van der Waals surface area contributed by atoms with Gasteiger partial charge in [0.2, 0.25) is 0 Å². The summed E-state index contributed by atoms with van der Waals surface area (Å²) in [7, 11) is 0. The number of hydrogen-bond donors (Lipinski definition) is 0. The number of benzene rings is 2. The molecule has 2 fully saturated rings. The van der Waals surface area contributed by atoms with Crippen LogP contribution in [0.3, 0.4) is 0 Å². The first-order valence-electron chi connectivity index (χ1n) is 7.23.